The number of hydrogen-bond donors (Lipinski definition) is 1. The van der Waals surface area contributed by atoms with Crippen LogP contribution in [-0.2, 0) is 10.0 Å². The van der Waals surface area contributed by atoms with Gasteiger partial charge in [0.05, 0.1) is 4.90 Å². The van der Waals surface area contributed by atoms with Crippen molar-refractivity contribution in [3.63, 3.8) is 0 Å². The molecule has 3 nitrogen and oxygen atoms in total. The molecule has 0 spiro atoms. The van der Waals surface area contributed by atoms with Crippen molar-refractivity contribution in [3.8, 4) is 0 Å². The van der Waals surface area contributed by atoms with E-state index in [1.54, 1.807) is 23.9 Å². The number of hydrogen-bond acceptors (Lipinski definition) is 3. The second-order valence-corrected chi connectivity index (χ2v) is 8.24. The Labute approximate surface area is 137 Å². The first kappa shape index (κ1) is 15.8. The molecule has 0 saturated heterocycles. The fourth-order valence-corrected chi connectivity index (χ4v) is 4.94. The quantitative estimate of drug-likeness (QED) is 0.903. The van der Waals surface area contributed by atoms with E-state index in [1.165, 1.54) is 18.2 Å². The van der Waals surface area contributed by atoms with Gasteiger partial charge in [-0.25, -0.2) is 17.5 Å². The SMILES string of the molecule is O=S(=O)(NC1CCSc2ccc(Cl)cc21)c1cccc(F)c1. The molecule has 1 atom stereocenters. The van der Waals surface area contributed by atoms with Crippen LogP contribution in [0.3, 0.4) is 0 Å². The van der Waals surface area contributed by atoms with E-state index >= 15 is 0 Å². The number of sulfonamides is 1. The number of halogens is 2. The van der Waals surface area contributed by atoms with Crippen molar-refractivity contribution in [2.75, 3.05) is 5.75 Å². The fraction of sp³-hybridized carbons (Fsp3) is 0.200. The van der Waals surface area contributed by atoms with Gasteiger partial charge in [0.15, 0.2) is 0 Å². The number of rotatable bonds is 3. The van der Waals surface area contributed by atoms with Crippen LogP contribution in [0.5, 0.6) is 0 Å². The minimum absolute atomic E-state index is 0.0747. The highest BCUT2D eigenvalue weighted by Crippen LogP contribution is 2.38. The molecular weight excluding hydrogens is 345 g/mol. The molecule has 1 heterocycles. The van der Waals surface area contributed by atoms with Crippen LogP contribution < -0.4 is 4.72 Å². The summed E-state index contributed by atoms with van der Waals surface area (Å²) in [5.74, 6) is 0.232. The van der Waals surface area contributed by atoms with Gasteiger partial charge in [-0.3, -0.25) is 0 Å². The molecule has 0 aromatic heterocycles. The first-order valence-corrected chi connectivity index (χ1v) is 9.50. The van der Waals surface area contributed by atoms with Gasteiger partial charge in [0.25, 0.3) is 0 Å². The minimum Gasteiger partial charge on any atom is -0.207 e. The Balaban J connectivity index is 1.93. The molecule has 1 aliphatic rings. The summed E-state index contributed by atoms with van der Waals surface area (Å²) in [5, 5.41) is 0.566. The first-order chi connectivity index (χ1) is 10.5. The standard InChI is InChI=1S/C15H13ClFNO2S2/c16-10-4-5-15-13(8-10)14(6-7-21-15)18-22(19,20)12-3-1-2-11(17)9-12/h1-5,8-9,14,18H,6-7H2. The van der Waals surface area contributed by atoms with Crippen molar-refractivity contribution in [1.82, 2.24) is 4.72 Å². The van der Waals surface area contributed by atoms with E-state index in [1.807, 2.05) is 6.07 Å². The highest BCUT2D eigenvalue weighted by molar-refractivity contribution is 7.99. The monoisotopic (exact) mass is 357 g/mol. The van der Waals surface area contributed by atoms with E-state index < -0.39 is 15.8 Å². The smallest absolute Gasteiger partial charge is 0.207 e. The fourth-order valence-electron chi connectivity index (χ4n) is 2.38. The molecule has 7 heteroatoms. The Bertz CT molecular complexity index is 811. The van der Waals surface area contributed by atoms with E-state index in [0.717, 1.165) is 22.3 Å². The Kier molecular flexibility index (Phi) is 4.45. The van der Waals surface area contributed by atoms with Crippen LogP contribution in [0.2, 0.25) is 5.02 Å². The number of benzene rings is 2. The summed E-state index contributed by atoms with van der Waals surface area (Å²) in [5.41, 5.74) is 0.865. The predicted octanol–water partition coefficient (Wildman–Crippen LogP) is 3.99. The van der Waals surface area contributed by atoms with Crippen LogP contribution in [-0.4, -0.2) is 14.2 Å². The van der Waals surface area contributed by atoms with Gasteiger partial charge in [0, 0.05) is 16.0 Å². The van der Waals surface area contributed by atoms with Gasteiger partial charge in [-0.15, -0.1) is 11.8 Å². The topological polar surface area (TPSA) is 46.2 Å². The summed E-state index contributed by atoms with van der Waals surface area (Å²) in [4.78, 5) is 0.942. The Morgan fingerprint density at radius 3 is 2.82 bits per heavy atom. The highest BCUT2D eigenvalue weighted by Gasteiger charge is 2.26. The molecule has 3 rings (SSSR count). The van der Waals surface area contributed by atoms with E-state index in [0.29, 0.717) is 11.4 Å². The summed E-state index contributed by atoms with van der Waals surface area (Å²) in [7, 11) is -3.78. The largest absolute Gasteiger partial charge is 0.241 e. The lowest BCUT2D eigenvalue weighted by Crippen LogP contribution is -2.30. The molecule has 1 unspecified atom stereocenters. The molecule has 0 fully saturated rings. The lowest BCUT2D eigenvalue weighted by molar-refractivity contribution is 0.544. The van der Waals surface area contributed by atoms with Crippen LogP contribution in [0.4, 0.5) is 4.39 Å². The average Bonchev–Trinajstić information content (AvgIpc) is 2.48. The maximum absolute atomic E-state index is 13.3. The number of nitrogens with one attached hydrogen (secondary N) is 1. The molecule has 0 radical (unpaired) electrons. The Morgan fingerprint density at radius 1 is 1.23 bits per heavy atom. The van der Waals surface area contributed by atoms with Gasteiger partial charge < -0.3 is 0 Å². The number of thioether (sulfide) groups is 1. The molecule has 0 amide bonds. The lowest BCUT2D eigenvalue weighted by atomic mass is 10.1. The lowest BCUT2D eigenvalue weighted by Gasteiger charge is -2.26. The maximum Gasteiger partial charge on any atom is 0.241 e. The molecule has 1 N–H and O–H groups in total. The molecule has 2 aromatic carbocycles. The summed E-state index contributed by atoms with van der Waals surface area (Å²) in [6.07, 6.45) is 0.659. The van der Waals surface area contributed by atoms with Crippen molar-refractivity contribution in [3.05, 3.63) is 58.9 Å². The maximum atomic E-state index is 13.3. The van der Waals surface area contributed by atoms with Crippen LogP contribution in [0, 0.1) is 5.82 Å². The summed E-state index contributed by atoms with van der Waals surface area (Å²) in [6.45, 7) is 0. The average molecular weight is 358 g/mol. The van der Waals surface area contributed by atoms with Crippen molar-refractivity contribution in [2.45, 2.75) is 22.3 Å². The van der Waals surface area contributed by atoms with Gasteiger partial charge in [0.2, 0.25) is 10.0 Å². The second-order valence-electron chi connectivity index (χ2n) is 4.95. The van der Waals surface area contributed by atoms with Crippen molar-refractivity contribution in [2.24, 2.45) is 0 Å². The zero-order valence-corrected chi connectivity index (χ0v) is 13.8. The Hall–Kier alpha value is -1.08. The zero-order chi connectivity index (χ0) is 15.7. The van der Waals surface area contributed by atoms with E-state index in [2.05, 4.69) is 4.72 Å². The second kappa shape index (κ2) is 6.20. The molecule has 0 saturated carbocycles. The number of fused-ring (bicyclic) bond motifs is 1. The predicted molar refractivity (Wildman–Crippen MR) is 86.3 cm³/mol. The summed E-state index contributed by atoms with van der Waals surface area (Å²) in [6, 6.07) is 10.1. The van der Waals surface area contributed by atoms with E-state index in [4.69, 9.17) is 11.6 Å². The van der Waals surface area contributed by atoms with Crippen LogP contribution >= 0.6 is 23.4 Å². The zero-order valence-electron chi connectivity index (χ0n) is 11.4. The summed E-state index contributed by atoms with van der Waals surface area (Å²) >= 11 is 7.69. The van der Waals surface area contributed by atoms with E-state index in [9.17, 15) is 12.8 Å². The van der Waals surface area contributed by atoms with Crippen LogP contribution in [0.1, 0.15) is 18.0 Å². The first-order valence-electron chi connectivity index (χ1n) is 6.66. The third-order valence-electron chi connectivity index (χ3n) is 3.42. The van der Waals surface area contributed by atoms with Crippen molar-refractivity contribution in [1.29, 1.82) is 0 Å². The van der Waals surface area contributed by atoms with Gasteiger partial charge >= 0.3 is 0 Å². The van der Waals surface area contributed by atoms with Gasteiger partial charge in [0.1, 0.15) is 5.82 Å². The third-order valence-corrected chi connectivity index (χ3v) is 6.24. The molecular formula is C15H13ClFNO2S2. The molecule has 22 heavy (non-hydrogen) atoms. The molecule has 0 aliphatic carbocycles. The van der Waals surface area contributed by atoms with Crippen molar-refractivity contribution < 1.29 is 12.8 Å². The van der Waals surface area contributed by atoms with Gasteiger partial charge in [-0.05, 0) is 54.1 Å². The van der Waals surface area contributed by atoms with Crippen molar-refractivity contribution >= 4 is 33.4 Å². The third kappa shape index (κ3) is 3.30. The molecule has 0 bridgehead atoms. The normalized spacial score (nSPS) is 18.0. The van der Waals surface area contributed by atoms with Gasteiger partial charge in [-0.2, -0.15) is 0 Å². The van der Waals surface area contributed by atoms with Crippen LogP contribution in [0.25, 0.3) is 0 Å². The molecule has 1 aliphatic heterocycles. The van der Waals surface area contributed by atoms with E-state index in [-0.39, 0.29) is 10.9 Å². The minimum atomic E-state index is -3.78. The molecule has 116 valence electrons. The Morgan fingerprint density at radius 2 is 2.05 bits per heavy atom. The molecule has 2 aromatic rings. The van der Waals surface area contributed by atoms with Crippen LogP contribution in [0.15, 0.2) is 52.3 Å². The highest BCUT2D eigenvalue weighted by atomic mass is 35.5. The van der Waals surface area contributed by atoms with Gasteiger partial charge in [-0.1, -0.05) is 17.7 Å². The summed E-state index contributed by atoms with van der Waals surface area (Å²) < 4.78 is 40.8.